The summed E-state index contributed by atoms with van der Waals surface area (Å²) in [6, 6.07) is 5.69. The van der Waals surface area contributed by atoms with Crippen molar-refractivity contribution < 1.29 is 14.0 Å². The molecule has 0 aliphatic heterocycles. The molecule has 110 valence electrons. The summed E-state index contributed by atoms with van der Waals surface area (Å²) in [4.78, 5) is 23.4. The monoisotopic (exact) mass is 280 g/mol. The molecule has 0 bridgehead atoms. The van der Waals surface area contributed by atoms with Gasteiger partial charge in [0, 0.05) is 5.41 Å². The van der Waals surface area contributed by atoms with E-state index < -0.39 is 5.41 Å². The van der Waals surface area contributed by atoms with E-state index in [1.807, 2.05) is 0 Å². The second-order valence-corrected chi connectivity index (χ2v) is 5.77. The summed E-state index contributed by atoms with van der Waals surface area (Å²) in [6.07, 6.45) is 0. The molecule has 0 heterocycles. The van der Waals surface area contributed by atoms with E-state index in [1.165, 1.54) is 12.1 Å². The molecular formula is C15H21FN2O2. The van der Waals surface area contributed by atoms with E-state index in [9.17, 15) is 14.0 Å². The maximum atomic E-state index is 12.8. The first-order valence-electron chi connectivity index (χ1n) is 6.53. The summed E-state index contributed by atoms with van der Waals surface area (Å²) in [5.74, 6) is -0.772. The Morgan fingerprint density at radius 2 is 1.75 bits per heavy atom. The summed E-state index contributed by atoms with van der Waals surface area (Å²) >= 11 is 0. The summed E-state index contributed by atoms with van der Waals surface area (Å²) in [5.41, 5.74) is 0.282. The van der Waals surface area contributed by atoms with Gasteiger partial charge in [-0.15, -0.1) is 0 Å². The molecule has 0 saturated heterocycles. The van der Waals surface area contributed by atoms with Gasteiger partial charge in [-0.3, -0.25) is 9.59 Å². The first-order chi connectivity index (χ1) is 9.20. The number of nitrogens with one attached hydrogen (secondary N) is 2. The van der Waals surface area contributed by atoms with E-state index >= 15 is 0 Å². The molecule has 5 heteroatoms. The minimum Gasteiger partial charge on any atom is -0.348 e. The Morgan fingerprint density at radius 1 is 1.20 bits per heavy atom. The number of carbonyl (C=O) groups is 2. The molecule has 0 spiro atoms. The van der Waals surface area contributed by atoms with Crippen molar-refractivity contribution in [2.75, 3.05) is 6.54 Å². The lowest BCUT2D eigenvalue weighted by atomic mass is 9.96. The minimum atomic E-state index is -0.525. The van der Waals surface area contributed by atoms with Gasteiger partial charge in [-0.25, -0.2) is 4.39 Å². The Kier molecular flexibility index (Phi) is 5.25. The SMILES string of the molecule is CC(NC(=O)CNC(=O)C(C)(C)C)c1ccc(F)cc1. The smallest absolute Gasteiger partial charge is 0.239 e. The van der Waals surface area contributed by atoms with Crippen molar-refractivity contribution in [2.24, 2.45) is 5.41 Å². The van der Waals surface area contributed by atoms with Gasteiger partial charge >= 0.3 is 0 Å². The molecule has 0 aliphatic carbocycles. The Bertz CT molecular complexity index is 478. The van der Waals surface area contributed by atoms with E-state index in [0.29, 0.717) is 0 Å². The fourth-order valence-electron chi connectivity index (χ4n) is 1.55. The maximum Gasteiger partial charge on any atom is 0.239 e. The molecule has 0 saturated carbocycles. The van der Waals surface area contributed by atoms with Crippen LogP contribution >= 0.6 is 0 Å². The van der Waals surface area contributed by atoms with Crippen LogP contribution in [0.4, 0.5) is 4.39 Å². The molecule has 2 N–H and O–H groups in total. The Labute approximate surface area is 118 Å². The number of halogens is 1. The predicted octanol–water partition coefficient (Wildman–Crippen LogP) is 2.17. The molecule has 1 aromatic carbocycles. The third-order valence-corrected chi connectivity index (χ3v) is 2.84. The lowest BCUT2D eigenvalue weighted by Gasteiger charge is -2.18. The molecule has 1 aromatic rings. The zero-order chi connectivity index (χ0) is 15.3. The average Bonchev–Trinajstić information content (AvgIpc) is 2.35. The maximum absolute atomic E-state index is 12.8. The van der Waals surface area contributed by atoms with Gasteiger partial charge in [0.25, 0.3) is 0 Å². The molecule has 0 radical (unpaired) electrons. The summed E-state index contributed by atoms with van der Waals surface area (Å²) < 4.78 is 12.8. The molecule has 1 atom stereocenters. The van der Waals surface area contributed by atoms with E-state index in [-0.39, 0.29) is 30.2 Å². The van der Waals surface area contributed by atoms with Crippen LogP contribution in [0.1, 0.15) is 39.3 Å². The zero-order valence-electron chi connectivity index (χ0n) is 12.3. The van der Waals surface area contributed by atoms with Crippen LogP contribution in [0.2, 0.25) is 0 Å². The first-order valence-corrected chi connectivity index (χ1v) is 6.53. The van der Waals surface area contributed by atoms with Gasteiger partial charge in [0.05, 0.1) is 12.6 Å². The minimum absolute atomic E-state index is 0.0678. The number of hydrogen-bond acceptors (Lipinski definition) is 2. The molecule has 0 fully saturated rings. The van der Waals surface area contributed by atoms with Crippen LogP contribution in [0.5, 0.6) is 0 Å². The van der Waals surface area contributed by atoms with E-state index in [0.717, 1.165) is 5.56 Å². The number of benzene rings is 1. The van der Waals surface area contributed by atoms with Crippen LogP contribution < -0.4 is 10.6 Å². The standard InChI is InChI=1S/C15H21FN2O2/c1-10(11-5-7-12(16)8-6-11)18-13(19)9-17-14(20)15(2,3)4/h5-8,10H,9H2,1-4H3,(H,17,20)(H,18,19). The highest BCUT2D eigenvalue weighted by molar-refractivity contribution is 5.87. The summed E-state index contributed by atoms with van der Waals surface area (Å²) in [6.45, 7) is 7.07. The topological polar surface area (TPSA) is 58.2 Å². The highest BCUT2D eigenvalue weighted by Gasteiger charge is 2.21. The predicted molar refractivity (Wildman–Crippen MR) is 75.4 cm³/mol. The van der Waals surface area contributed by atoms with E-state index in [1.54, 1.807) is 39.8 Å². The largest absolute Gasteiger partial charge is 0.348 e. The number of hydrogen-bond donors (Lipinski definition) is 2. The van der Waals surface area contributed by atoms with Crippen LogP contribution in [-0.2, 0) is 9.59 Å². The van der Waals surface area contributed by atoms with Crippen LogP contribution in [0.3, 0.4) is 0 Å². The van der Waals surface area contributed by atoms with Crippen LogP contribution in [0.25, 0.3) is 0 Å². The number of rotatable bonds is 4. The van der Waals surface area contributed by atoms with Gasteiger partial charge in [0.1, 0.15) is 5.82 Å². The average molecular weight is 280 g/mol. The lowest BCUT2D eigenvalue weighted by Crippen LogP contribution is -2.42. The van der Waals surface area contributed by atoms with Crippen molar-refractivity contribution in [1.29, 1.82) is 0 Å². The highest BCUT2D eigenvalue weighted by Crippen LogP contribution is 2.13. The quantitative estimate of drug-likeness (QED) is 0.888. The van der Waals surface area contributed by atoms with Crippen LogP contribution in [0, 0.1) is 11.2 Å². The second kappa shape index (κ2) is 6.50. The van der Waals surface area contributed by atoms with Gasteiger partial charge < -0.3 is 10.6 Å². The second-order valence-electron chi connectivity index (χ2n) is 5.77. The van der Waals surface area contributed by atoms with Gasteiger partial charge in [-0.1, -0.05) is 32.9 Å². The van der Waals surface area contributed by atoms with E-state index in [4.69, 9.17) is 0 Å². The van der Waals surface area contributed by atoms with Gasteiger partial charge in [0.15, 0.2) is 0 Å². The van der Waals surface area contributed by atoms with Crippen molar-refractivity contribution >= 4 is 11.8 Å². The summed E-state index contributed by atoms with van der Waals surface area (Å²) in [5, 5.41) is 5.32. The highest BCUT2D eigenvalue weighted by atomic mass is 19.1. The van der Waals surface area contributed by atoms with Crippen molar-refractivity contribution in [3.63, 3.8) is 0 Å². The number of carbonyl (C=O) groups excluding carboxylic acids is 2. The molecule has 0 aromatic heterocycles. The normalized spacial score (nSPS) is 12.7. The van der Waals surface area contributed by atoms with Crippen LogP contribution in [-0.4, -0.2) is 18.4 Å². The Morgan fingerprint density at radius 3 is 2.25 bits per heavy atom. The fraction of sp³-hybridized carbons (Fsp3) is 0.467. The molecule has 2 amide bonds. The molecule has 0 aliphatic rings. The molecule has 1 rings (SSSR count). The summed E-state index contributed by atoms with van der Waals surface area (Å²) in [7, 11) is 0. The van der Waals surface area contributed by atoms with Crippen molar-refractivity contribution in [3.8, 4) is 0 Å². The molecule has 4 nitrogen and oxygen atoms in total. The molecular weight excluding hydrogens is 259 g/mol. The van der Waals surface area contributed by atoms with Crippen molar-refractivity contribution in [2.45, 2.75) is 33.7 Å². The van der Waals surface area contributed by atoms with Gasteiger partial charge in [-0.05, 0) is 24.6 Å². The molecule has 20 heavy (non-hydrogen) atoms. The fourth-order valence-corrected chi connectivity index (χ4v) is 1.55. The number of amides is 2. The van der Waals surface area contributed by atoms with Crippen molar-refractivity contribution in [3.05, 3.63) is 35.6 Å². The van der Waals surface area contributed by atoms with Gasteiger partial charge in [-0.2, -0.15) is 0 Å². The van der Waals surface area contributed by atoms with E-state index in [2.05, 4.69) is 10.6 Å². The third-order valence-electron chi connectivity index (χ3n) is 2.84. The third kappa shape index (κ3) is 4.99. The Balaban J connectivity index is 2.46. The zero-order valence-corrected chi connectivity index (χ0v) is 12.3. The van der Waals surface area contributed by atoms with Crippen LogP contribution in [0.15, 0.2) is 24.3 Å². The molecule has 1 unspecified atom stereocenters. The van der Waals surface area contributed by atoms with Crippen molar-refractivity contribution in [1.82, 2.24) is 10.6 Å². The first kappa shape index (κ1) is 16.1. The van der Waals surface area contributed by atoms with Gasteiger partial charge in [0.2, 0.25) is 11.8 Å². The lowest BCUT2D eigenvalue weighted by molar-refractivity contribution is -0.131. The Hall–Kier alpha value is -1.91.